The van der Waals surface area contributed by atoms with Crippen LogP contribution in [0.2, 0.25) is 0 Å². The fraction of sp³-hybridized carbons (Fsp3) is 1.00. The molecule has 2 rings (SSSR count). The largest absolute Gasteiger partial charge is 0.312 e. The van der Waals surface area contributed by atoms with Crippen molar-refractivity contribution in [1.29, 1.82) is 0 Å². The average Bonchev–Trinajstić information content (AvgIpc) is 2.94. The van der Waals surface area contributed by atoms with Crippen LogP contribution >= 0.6 is 0 Å². The van der Waals surface area contributed by atoms with Gasteiger partial charge in [0.05, 0.1) is 0 Å². The maximum absolute atomic E-state index is 3.65. The van der Waals surface area contributed by atoms with E-state index in [1.165, 1.54) is 38.9 Å². The quantitative estimate of drug-likeness (QED) is 0.810. The van der Waals surface area contributed by atoms with Gasteiger partial charge in [-0.1, -0.05) is 0 Å². The normalized spacial score (nSPS) is 27.7. The smallest absolute Gasteiger partial charge is 0.0181 e. The highest BCUT2D eigenvalue weighted by Gasteiger charge is 2.44. The highest BCUT2D eigenvalue weighted by atomic mass is 15.2. The van der Waals surface area contributed by atoms with Crippen molar-refractivity contribution in [3.63, 3.8) is 0 Å². The molecule has 1 aliphatic carbocycles. The summed E-state index contributed by atoms with van der Waals surface area (Å²) in [5.41, 5.74) is 0.718. The summed E-state index contributed by atoms with van der Waals surface area (Å²) in [6.45, 7) is 15.5. The molecule has 0 aromatic carbocycles. The Hall–Kier alpha value is -0.0800. The standard InChI is InChI=1S/C15H30N2/c1-14(2,3)16-10-12-8-9-17(11-12)15(4,5)13-6-7-13/h12-13,16H,6-11H2,1-5H3. The van der Waals surface area contributed by atoms with Gasteiger partial charge in [0.2, 0.25) is 0 Å². The molecule has 1 heterocycles. The Morgan fingerprint density at radius 3 is 2.24 bits per heavy atom. The topological polar surface area (TPSA) is 15.3 Å². The van der Waals surface area contributed by atoms with E-state index in [0.29, 0.717) is 5.54 Å². The minimum absolute atomic E-state index is 0.263. The van der Waals surface area contributed by atoms with Gasteiger partial charge in [-0.3, -0.25) is 4.90 Å². The molecule has 0 radical (unpaired) electrons. The molecule has 0 amide bonds. The lowest BCUT2D eigenvalue weighted by atomic mass is 9.96. The van der Waals surface area contributed by atoms with E-state index in [1.807, 2.05) is 0 Å². The van der Waals surface area contributed by atoms with Gasteiger partial charge >= 0.3 is 0 Å². The molecule has 0 bridgehead atoms. The zero-order chi connectivity index (χ0) is 12.7. The van der Waals surface area contributed by atoms with Gasteiger partial charge in [-0.2, -0.15) is 0 Å². The van der Waals surface area contributed by atoms with Crippen LogP contribution in [0.25, 0.3) is 0 Å². The van der Waals surface area contributed by atoms with Crippen molar-refractivity contribution in [3.05, 3.63) is 0 Å². The highest BCUT2D eigenvalue weighted by molar-refractivity contribution is 4.98. The van der Waals surface area contributed by atoms with E-state index in [9.17, 15) is 0 Å². The minimum Gasteiger partial charge on any atom is -0.312 e. The number of rotatable bonds is 4. The number of hydrogen-bond donors (Lipinski definition) is 1. The van der Waals surface area contributed by atoms with Crippen molar-refractivity contribution in [2.24, 2.45) is 11.8 Å². The van der Waals surface area contributed by atoms with E-state index in [0.717, 1.165) is 11.8 Å². The Balaban J connectivity index is 1.79. The van der Waals surface area contributed by atoms with Crippen LogP contribution in [-0.4, -0.2) is 35.6 Å². The Morgan fingerprint density at radius 2 is 1.71 bits per heavy atom. The zero-order valence-electron chi connectivity index (χ0n) is 12.3. The predicted octanol–water partition coefficient (Wildman–Crippen LogP) is 2.89. The predicted molar refractivity (Wildman–Crippen MR) is 74.2 cm³/mol. The van der Waals surface area contributed by atoms with Crippen molar-refractivity contribution >= 4 is 0 Å². The van der Waals surface area contributed by atoms with Gasteiger partial charge in [-0.05, 0) is 78.8 Å². The second-order valence-corrected chi connectivity index (χ2v) is 7.66. The maximum Gasteiger partial charge on any atom is 0.0181 e. The summed E-state index contributed by atoms with van der Waals surface area (Å²) in [4.78, 5) is 2.74. The highest BCUT2D eigenvalue weighted by Crippen LogP contribution is 2.44. The molecular formula is C15H30N2. The van der Waals surface area contributed by atoms with E-state index in [2.05, 4.69) is 44.8 Å². The molecule has 1 unspecified atom stereocenters. The first-order chi connectivity index (χ1) is 7.79. The van der Waals surface area contributed by atoms with Crippen molar-refractivity contribution in [2.75, 3.05) is 19.6 Å². The molecule has 1 N–H and O–H groups in total. The summed E-state index contributed by atoms with van der Waals surface area (Å²) in [6.07, 6.45) is 4.28. The van der Waals surface area contributed by atoms with Gasteiger partial charge in [-0.15, -0.1) is 0 Å². The molecule has 100 valence electrons. The molecule has 2 heteroatoms. The molecule has 1 saturated heterocycles. The van der Waals surface area contributed by atoms with Crippen LogP contribution < -0.4 is 5.32 Å². The summed E-state index contributed by atoms with van der Waals surface area (Å²) in [7, 11) is 0. The fourth-order valence-corrected chi connectivity index (χ4v) is 3.02. The molecule has 17 heavy (non-hydrogen) atoms. The van der Waals surface area contributed by atoms with Crippen LogP contribution in [0.5, 0.6) is 0 Å². The van der Waals surface area contributed by atoms with Crippen LogP contribution in [0.1, 0.15) is 53.9 Å². The molecule has 0 aromatic rings. The van der Waals surface area contributed by atoms with Crippen molar-refractivity contribution in [3.8, 4) is 0 Å². The lowest BCUT2D eigenvalue weighted by Gasteiger charge is -2.36. The Labute approximate surface area is 107 Å². The number of nitrogens with one attached hydrogen (secondary N) is 1. The summed E-state index contributed by atoms with van der Waals surface area (Å²) in [6, 6.07) is 0. The SMILES string of the molecule is CC(C)(C)NCC1CCN(C(C)(C)C2CC2)C1. The van der Waals surface area contributed by atoms with E-state index < -0.39 is 0 Å². The number of likely N-dealkylation sites (tertiary alicyclic amines) is 1. The molecule has 2 nitrogen and oxygen atoms in total. The molecular weight excluding hydrogens is 208 g/mol. The average molecular weight is 238 g/mol. The third-order valence-electron chi connectivity index (χ3n) is 4.60. The summed E-state index contributed by atoms with van der Waals surface area (Å²) in [5.74, 6) is 1.82. The first-order valence-electron chi connectivity index (χ1n) is 7.29. The third-order valence-corrected chi connectivity index (χ3v) is 4.60. The van der Waals surface area contributed by atoms with Gasteiger partial charge in [0, 0.05) is 17.6 Å². The molecule has 2 fully saturated rings. The first kappa shape index (κ1) is 13.4. The van der Waals surface area contributed by atoms with E-state index in [1.54, 1.807) is 0 Å². The van der Waals surface area contributed by atoms with Crippen LogP contribution in [0.15, 0.2) is 0 Å². The number of nitrogens with zero attached hydrogens (tertiary/aromatic N) is 1. The van der Waals surface area contributed by atoms with Crippen LogP contribution in [-0.2, 0) is 0 Å². The fourth-order valence-electron chi connectivity index (χ4n) is 3.02. The summed E-state index contributed by atoms with van der Waals surface area (Å²) >= 11 is 0. The first-order valence-corrected chi connectivity index (χ1v) is 7.29. The minimum atomic E-state index is 0.263. The molecule has 0 spiro atoms. The monoisotopic (exact) mass is 238 g/mol. The Kier molecular flexibility index (Phi) is 3.57. The summed E-state index contributed by atoms with van der Waals surface area (Å²) < 4.78 is 0. The van der Waals surface area contributed by atoms with Crippen molar-refractivity contribution in [2.45, 2.75) is 65.0 Å². The van der Waals surface area contributed by atoms with Gasteiger partial charge < -0.3 is 5.32 Å². The third kappa shape index (κ3) is 3.45. The second kappa shape index (κ2) is 4.55. The van der Waals surface area contributed by atoms with Gasteiger partial charge in [0.15, 0.2) is 0 Å². The molecule has 2 aliphatic rings. The molecule has 1 saturated carbocycles. The van der Waals surface area contributed by atoms with E-state index >= 15 is 0 Å². The zero-order valence-corrected chi connectivity index (χ0v) is 12.3. The Morgan fingerprint density at radius 1 is 1.06 bits per heavy atom. The molecule has 1 atom stereocenters. The van der Waals surface area contributed by atoms with E-state index in [4.69, 9.17) is 0 Å². The maximum atomic E-state index is 3.65. The van der Waals surface area contributed by atoms with Crippen molar-refractivity contribution < 1.29 is 0 Å². The number of hydrogen-bond acceptors (Lipinski definition) is 2. The van der Waals surface area contributed by atoms with Gasteiger partial charge in [0.1, 0.15) is 0 Å². The molecule has 0 aromatic heterocycles. The van der Waals surface area contributed by atoms with Gasteiger partial charge in [-0.25, -0.2) is 0 Å². The van der Waals surface area contributed by atoms with Crippen LogP contribution in [0.3, 0.4) is 0 Å². The lowest BCUT2D eigenvalue weighted by molar-refractivity contribution is 0.124. The van der Waals surface area contributed by atoms with Crippen molar-refractivity contribution in [1.82, 2.24) is 10.2 Å². The van der Waals surface area contributed by atoms with Crippen LogP contribution in [0.4, 0.5) is 0 Å². The van der Waals surface area contributed by atoms with Gasteiger partial charge in [0.25, 0.3) is 0 Å². The Bertz CT molecular complexity index is 261. The second-order valence-electron chi connectivity index (χ2n) is 7.66. The lowest BCUT2D eigenvalue weighted by Crippen LogP contribution is -2.45. The molecule has 1 aliphatic heterocycles. The van der Waals surface area contributed by atoms with E-state index in [-0.39, 0.29) is 5.54 Å². The van der Waals surface area contributed by atoms with Crippen LogP contribution in [0, 0.1) is 11.8 Å². The summed E-state index contributed by atoms with van der Waals surface area (Å²) in [5, 5.41) is 3.65.